The zero-order valence-corrected chi connectivity index (χ0v) is 27.0. The Morgan fingerprint density at radius 2 is 1.48 bits per heavy atom. The van der Waals surface area contributed by atoms with Crippen LogP contribution in [0.25, 0.3) is 0 Å². The third-order valence-electron chi connectivity index (χ3n) is 6.59. The van der Waals surface area contributed by atoms with Gasteiger partial charge in [-0.1, -0.05) is 58.0 Å². The highest BCUT2D eigenvalue weighted by Gasteiger charge is 2.44. The Hall–Kier alpha value is -3.47. The predicted molar refractivity (Wildman–Crippen MR) is 160 cm³/mol. The molecule has 11 nitrogen and oxygen atoms in total. The van der Waals surface area contributed by atoms with Gasteiger partial charge in [-0.05, 0) is 65.5 Å². The van der Waals surface area contributed by atoms with Gasteiger partial charge in [-0.25, -0.2) is 14.5 Å². The molecule has 0 bridgehead atoms. The molecule has 0 aliphatic rings. The van der Waals surface area contributed by atoms with Crippen LogP contribution in [0.2, 0.25) is 0 Å². The van der Waals surface area contributed by atoms with Gasteiger partial charge < -0.3 is 25.0 Å². The first kappa shape index (κ1) is 36.6. The van der Waals surface area contributed by atoms with Crippen molar-refractivity contribution < 1.29 is 33.4 Å². The van der Waals surface area contributed by atoms with Crippen LogP contribution < -0.4 is 10.6 Å². The van der Waals surface area contributed by atoms with Gasteiger partial charge in [0.25, 0.3) is 0 Å². The standard InChI is InChI=1S/C31H50N4O7/c1-19(2)17-24(32-10)27(37)35(30(40)42-31(7,8)9)25(20(3)4)28(38)34(11)22(6)26(36)33-21(5)29(39)41-18-23-15-13-12-14-16-23/h12-16,19-22,24-25,32H,17-18H2,1-11H3,(H,33,36)/t21-,22-,24-,25-/m0/s1. The lowest BCUT2D eigenvalue weighted by Gasteiger charge is -2.38. The average molecular weight is 591 g/mol. The van der Waals surface area contributed by atoms with Crippen LogP contribution in [0, 0.1) is 11.8 Å². The molecule has 1 aromatic carbocycles. The summed E-state index contributed by atoms with van der Waals surface area (Å²) in [6.45, 7) is 15.4. The fraction of sp³-hybridized carbons (Fsp3) is 0.645. The lowest BCUT2D eigenvalue weighted by molar-refractivity contribution is -0.152. The third-order valence-corrected chi connectivity index (χ3v) is 6.59. The number of nitrogens with one attached hydrogen (secondary N) is 2. The Morgan fingerprint density at radius 1 is 0.905 bits per heavy atom. The van der Waals surface area contributed by atoms with Gasteiger partial charge in [0, 0.05) is 7.05 Å². The second kappa shape index (κ2) is 16.2. The molecular formula is C31H50N4O7. The molecular weight excluding hydrogens is 540 g/mol. The lowest BCUT2D eigenvalue weighted by Crippen LogP contribution is -2.61. The van der Waals surface area contributed by atoms with Crippen molar-refractivity contribution in [2.45, 2.75) is 105 Å². The molecule has 1 rings (SSSR count). The predicted octanol–water partition coefficient (Wildman–Crippen LogP) is 3.50. The van der Waals surface area contributed by atoms with Crippen molar-refractivity contribution in [3.05, 3.63) is 35.9 Å². The number of carbonyl (C=O) groups excluding carboxylic acids is 5. The minimum absolute atomic E-state index is 0.0584. The van der Waals surface area contributed by atoms with Crippen molar-refractivity contribution in [1.29, 1.82) is 0 Å². The Balaban J connectivity index is 3.16. The van der Waals surface area contributed by atoms with E-state index in [1.807, 2.05) is 44.2 Å². The summed E-state index contributed by atoms with van der Waals surface area (Å²) >= 11 is 0. The van der Waals surface area contributed by atoms with Gasteiger partial charge in [0.15, 0.2) is 0 Å². The van der Waals surface area contributed by atoms with Crippen LogP contribution in [0.5, 0.6) is 0 Å². The summed E-state index contributed by atoms with van der Waals surface area (Å²) in [5.41, 5.74) is -0.113. The summed E-state index contributed by atoms with van der Waals surface area (Å²) < 4.78 is 10.9. The SMILES string of the molecule is CN[C@@H](CC(C)C)C(=O)N(C(=O)OC(C)(C)C)[C@H](C(=O)N(C)[C@@H](C)C(=O)N[C@@H](C)C(=O)OCc1ccccc1)C(C)C. The Bertz CT molecular complexity index is 1070. The largest absolute Gasteiger partial charge is 0.459 e. The van der Waals surface area contributed by atoms with Gasteiger partial charge in [-0.15, -0.1) is 0 Å². The van der Waals surface area contributed by atoms with Crippen molar-refractivity contribution in [2.75, 3.05) is 14.1 Å². The molecule has 11 heteroatoms. The minimum atomic E-state index is -1.25. The highest BCUT2D eigenvalue weighted by molar-refractivity contribution is 6.01. The van der Waals surface area contributed by atoms with Gasteiger partial charge in [0.05, 0.1) is 6.04 Å². The maximum atomic E-state index is 13.9. The first-order valence-corrected chi connectivity index (χ1v) is 14.4. The van der Waals surface area contributed by atoms with E-state index in [1.165, 1.54) is 25.8 Å². The molecule has 0 unspecified atom stereocenters. The second-order valence-electron chi connectivity index (χ2n) is 12.3. The van der Waals surface area contributed by atoms with Gasteiger partial charge >= 0.3 is 12.1 Å². The van der Waals surface area contributed by atoms with Crippen molar-refractivity contribution >= 4 is 29.8 Å². The molecule has 0 aromatic heterocycles. The maximum absolute atomic E-state index is 13.9. The zero-order chi connectivity index (χ0) is 32.4. The number of esters is 1. The van der Waals surface area contributed by atoms with Gasteiger partial charge in [-0.3, -0.25) is 14.4 Å². The van der Waals surface area contributed by atoms with Crippen molar-refractivity contribution in [2.24, 2.45) is 11.8 Å². The lowest BCUT2D eigenvalue weighted by atomic mass is 9.97. The van der Waals surface area contributed by atoms with E-state index in [1.54, 1.807) is 41.7 Å². The molecule has 0 aliphatic carbocycles. The summed E-state index contributed by atoms with van der Waals surface area (Å²) in [6, 6.07) is 5.15. The Morgan fingerprint density at radius 3 is 1.95 bits per heavy atom. The molecule has 4 amide bonds. The maximum Gasteiger partial charge on any atom is 0.417 e. The van der Waals surface area contributed by atoms with E-state index in [-0.39, 0.29) is 12.5 Å². The molecule has 0 aliphatic heterocycles. The third kappa shape index (κ3) is 11.1. The monoisotopic (exact) mass is 590 g/mol. The Labute approximate surface area is 250 Å². The fourth-order valence-corrected chi connectivity index (χ4v) is 4.15. The molecule has 0 fully saturated rings. The molecule has 2 N–H and O–H groups in total. The summed E-state index contributed by atoms with van der Waals surface area (Å²) in [4.78, 5) is 68.7. The van der Waals surface area contributed by atoms with E-state index >= 15 is 0 Å². The summed E-state index contributed by atoms with van der Waals surface area (Å²) in [5.74, 6) is -2.81. The van der Waals surface area contributed by atoms with Crippen LogP contribution >= 0.6 is 0 Å². The average Bonchev–Trinajstić information content (AvgIpc) is 2.90. The first-order valence-electron chi connectivity index (χ1n) is 14.4. The van der Waals surface area contributed by atoms with E-state index in [9.17, 15) is 24.0 Å². The Kier molecular flexibility index (Phi) is 14.1. The van der Waals surface area contributed by atoms with Crippen LogP contribution in [-0.2, 0) is 35.3 Å². The van der Waals surface area contributed by atoms with Crippen molar-refractivity contribution in [3.8, 4) is 0 Å². The molecule has 236 valence electrons. The van der Waals surface area contributed by atoms with Crippen LogP contribution in [0.1, 0.15) is 74.3 Å². The van der Waals surface area contributed by atoms with Crippen molar-refractivity contribution in [3.63, 3.8) is 0 Å². The molecule has 0 radical (unpaired) electrons. The molecule has 1 aromatic rings. The van der Waals surface area contributed by atoms with E-state index in [0.717, 1.165) is 10.5 Å². The quantitative estimate of drug-likeness (QED) is 0.334. The molecule has 0 heterocycles. The summed E-state index contributed by atoms with van der Waals surface area (Å²) in [6.07, 6.45) is -0.510. The second-order valence-corrected chi connectivity index (χ2v) is 12.3. The molecule has 0 saturated carbocycles. The van der Waals surface area contributed by atoms with E-state index in [0.29, 0.717) is 6.42 Å². The van der Waals surface area contributed by atoms with Crippen LogP contribution in [0.15, 0.2) is 30.3 Å². The summed E-state index contributed by atoms with van der Waals surface area (Å²) in [7, 11) is 3.04. The fourth-order valence-electron chi connectivity index (χ4n) is 4.15. The number of imide groups is 1. The van der Waals surface area contributed by atoms with Crippen LogP contribution in [-0.4, -0.2) is 83.4 Å². The number of hydrogen-bond donors (Lipinski definition) is 2. The number of carbonyl (C=O) groups is 5. The van der Waals surface area contributed by atoms with Gasteiger partial charge in [0.1, 0.15) is 30.3 Å². The van der Waals surface area contributed by atoms with Crippen LogP contribution in [0.3, 0.4) is 0 Å². The first-order chi connectivity index (χ1) is 19.4. The summed E-state index contributed by atoms with van der Waals surface area (Å²) in [5, 5.41) is 5.54. The zero-order valence-electron chi connectivity index (χ0n) is 27.0. The number of likely N-dealkylation sites (N-methyl/N-ethyl adjacent to an activating group) is 2. The van der Waals surface area contributed by atoms with E-state index < -0.39 is 65.5 Å². The molecule has 0 saturated heterocycles. The number of rotatable bonds is 13. The topological polar surface area (TPSA) is 134 Å². The number of hydrogen-bond acceptors (Lipinski definition) is 8. The number of nitrogens with zero attached hydrogens (tertiary/aromatic N) is 2. The number of benzene rings is 1. The van der Waals surface area contributed by atoms with E-state index in [2.05, 4.69) is 10.6 Å². The smallest absolute Gasteiger partial charge is 0.417 e. The molecule has 0 spiro atoms. The highest BCUT2D eigenvalue weighted by Crippen LogP contribution is 2.22. The highest BCUT2D eigenvalue weighted by atomic mass is 16.6. The van der Waals surface area contributed by atoms with Crippen LogP contribution in [0.4, 0.5) is 4.79 Å². The normalized spacial score (nSPS) is 14.4. The number of amides is 4. The van der Waals surface area contributed by atoms with Crippen molar-refractivity contribution in [1.82, 2.24) is 20.4 Å². The minimum Gasteiger partial charge on any atom is -0.459 e. The van der Waals surface area contributed by atoms with Gasteiger partial charge in [0.2, 0.25) is 17.7 Å². The van der Waals surface area contributed by atoms with Gasteiger partial charge in [-0.2, -0.15) is 0 Å². The molecule has 4 atom stereocenters. The number of ether oxygens (including phenoxy) is 2. The van der Waals surface area contributed by atoms with E-state index in [4.69, 9.17) is 9.47 Å². The molecule has 42 heavy (non-hydrogen) atoms.